The van der Waals surface area contributed by atoms with Gasteiger partial charge in [-0.3, -0.25) is 18.3 Å². The van der Waals surface area contributed by atoms with E-state index in [2.05, 4.69) is 230 Å². The molecule has 0 spiro atoms. The summed E-state index contributed by atoms with van der Waals surface area (Å²) in [6.45, 7) is 30.4. The van der Waals surface area contributed by atoms with Gasteiger partial charge in [-0.2, -0.15) is 9.56 Å². The second-order valence-electron chi connectivity index (χ2n) is 39.1. The van der Waals surface area contributed by atoms with Gasteiger partial charge in [-0.05, 0) is 188 Å². The highest BCUT2D eigenvalue weighted by Gasteiger charge is 2.50. The van der Waals surface area contributed by atoms with Gasteiger partial charge in [-0.15, -0.1) is 65.9 Å². The molecular weight excluding hydrogens is 1870 g/mol. The first-order chi connectivity index (χ1) is 64.3. The summed E-state index contributed by atoms with van der Waals surface area (Å²) >= 11 is 1.43. The van der Waals surface area contributed by atoms with Crippen LogP contribution in [-0.2, 0) is 30.1 Å². The number of ether oxygens (including phenoxy) is 6. The van der Waals surface area contributed by atoms with Gasteiger partial charge < -0.3 is 107 Å². The molecule has 9 aromatic rings. The molecule has 47 heteroatoms. The molecule has 15 rings (SSSR count). The van der Waals surface area contributed by atoms with E-state index in [1.165, 1.54) is 49.0 Å². The Kier molecular flexibility index (Phi) is 37.0. The van der Waals surface area contributed by atoms with Crippen molar-refractivity contribution in [1.82, 2.24) is 88.0 Å². The van der Waals surface area contributed by atoms with E-state index in [-0.39, 0.29) is 23.5 Å². The maximum atomic E-state index is 10.7. The third-order valence-electron chi connectivity index (χ3n) is 24.1. The van der Waals surface area contributed by atoms with Crippen LogP contribution < -0.4 is 32.6 Å². The van der Waals surface area contributed by atoms with Crippen molar-refractivity contribution in [2.75, 3.05) is 152 Å². The zero-order valence-electron chi connectivity index (χ0n) is 82.3. The Balaban J connectivity index is 0.000000165. The van der Waals surface area contributed by atoms with Gasteiger partial charge in [-0.1, -0.05) is 67.2 Å². The second kappa shape index (κ2) is 46.4. The summed E-state index contributed by atoms with van der Waals surface area (Å²) in [5, 5.41) is 112. The second-order valence-corrected chi connectivity index (χ2v) is 61.4. The number of thioether (sulfide) groups is 1. The van der Waals surface area contributed by atoms with Gasteiger partial charge in [0, 0.05) is 19.5 Å². The monoisotopic (exact) mass is 2020 g/mol. The predicted molar refractivity (Wildman–Crippen MR) is 559 cm³/mol. The Labute approximate surface area is 805 Å². The van der Waals surface area contributed by atoms with Crippen molar-refractivity contribution in [3.63, 3.8) is 0 Å². The van der Waals surface area contributed by atoms with Crippen LogP contribution in [0, 0.1) is 13.8 Å². The summed E-state index contributed by atoms with van der Waals surface area (Å²) in [5.74, 6) is 4.34. The van der Waals surface area contributed by atoms with Gasteiger partial charge in [-0.25, -0.2) is 59.8 Å². The SMILES string of the molecule is C=P(C)(C)CC[C@H]1OC(=[N+]2C=Nc3c(NC/C=C(/C)CC)nc(OC)nc32)[C@H](O)[C@@H]1O.C=P(C)(C)CC[C@H]1O[C@@H](n2cnc3c(N)nc(C)nc32)[C@H](O)[C@@H]1O.C=P(C)(C)CC[C@H]1O[C@@H](n2cnc3c(N)nc(C)nc32)[C@H](O)[C@@H]1O.C=P(C)(C)CC[C@H]1O[C@@H](n2cnc3c(N)nc(CCCC)nc32)[C@H](O)[C@@H]1O.C=P(C)(C)CC[C@H]1O[C@@H](n2cnc3c(NC/C=C(/C)CC)nc(SC)nc32)[C@H](O)[C@@H]1O. The molecule has 0 aromatic carbocycles. The Hall–Kier alpha value is -8.01. The number of aliphatic hydroxyl groups excluding tert-OH is 10. The standard InChI is InChI=1S/C21H33N5O4P.C21H34N5O3PS.C18H30N5O3P.2C15H24N5O3P/c1-7-13(2)8-10-22-18-15-19(25-21(24-18)29-3)26(12-23-15)20-17(28)16(27)14(30-20)9-11-31(4,5)6;1-7-13(2)8-10-22-18-15-19(25-21(24-18)31-6)26(12-23-15)20-17(28)16(27)14(29-20)9-11-30(3,4)5;1-5-6-7-12-21-16(19)13-17(22-12)23(10-20-13)18-15(25)14(24)11(26-18)8-9-27(2,3)4;2*1-8-18-13(16)10-14(19-8)20(7-17-10)15-12(22)11(21)9(23-15)5-6-24(2,3)4/h8,12,14,16-17,27-28H,4,7,9-11H2,1-3,5-6H3,(H,22,24,25);8,12,14,16-17,20,27-28H,3,7,9-11H2,1-2,4-6H3,(H,22,24,25);10-11,14-15,18,24-25H,2,5-9H2,1,3-4H3,(H2,19,21,22);2*7,9,11-12,15,21-22H,2,5-6H2,1,3-4H3,(H2,16,18,19)/q+1;;;;/b13-8-,26-20?;13-8-;;;/t14-,16-,17-;14-,16-,17-,20-;11-,14-,15-,18-;2*9-,11-,12-,15-/m11111/s1. The number of methoxy groups -OCH3 is 1. The van der Waals surface area contributed by atoms with Crippen molar-refractivity contribution >= 4 is 175 Å². The van der Waals surface area contributed by atoms with Gasteiger partial charge in [0.05, 0.1) is 56.8 Å². The molecule has 137 heavy (non-hydrogen) atoms. The summed E-state index contributed by atoms with van der Waals surface area (Å²) in [4.78, 5) is 65.3. The molecule has 15 heterocycles. The fourth-order valence-electron chi connectivity index (χ4n) is 15.8. The number of anilines is 5. The first-order valence-electron chi connectivity index (χ1n) is 46.0. The van der Waals surface area contributed by atoms with E-state index in [1.54, 1.807) is 49.3 Å². The Morgan fingerprint density at radius 3 is 1.19 bits per heavy atom. The van der Waals surface area contributed by atoms with Gasteiger partial charge in [0.1, 0.15) is 95.1 Å². The number of aryl methyl sites for hydroxylation is 3. The van der Waals surface area contributed by atoms with Gasteiger partial charge in [0.15, 0.2) is 93.4 Å². The largest absolute Gasteiger partial charge is 0.463 e. The minimum absolute atomic E-state index is 0.168. The number of allylic oxidation sites excluding steroid dienone is 2. The summed E-state index contributed by atoms with van der Waals surface area (Å²) in [6.07, 6.45) is 31.5. The minimum Gasteiger partial charge on any atom is -0.463 e. The highest BCUT2D eigenvalue weighted by atomic mass is 32.2. The zero-order valence-corrected chi connectivity index (χ0v) is 87.6. The number of nitrogens with two attached hydrogens (primary N) is 3. The Bertz CT molecular complexity index is 5950. The molecule has 6 aliphatic rings. The molecule has 0 radical (unpaired) electrons. The molecule has 41 nitrogen and oxygen atoms in total. The minimum atomic E-state index is -1.27. The lowest BCUT2D eigenvalue weighted by molar-refractivity contribution is -0.313. The lowest BCUT2D eigenvalue weighted by atomic mass is 10.1. The van der Waals surface area contributed by atoms with Crippen LogP contribution >= 0.6 is 46.2 Å². The average Bonchev–Trinajstić information content (AvgIpc) is 1.64. The molecule has 756 valence electrons. The number of nitrogen functional groups attached to an aromatic ring is 3. The van der Waals surface area contributed by atoms with Crippen molar-refractivity contribution in [3.8, 4) is 6.01 Å². The van der Waals surface area contributed by atoms with E-state index >= 15 is 0 Å². The van der Waals surface area contributed by atoms with Crippen molar-refractivity contribution in [2.24, 2.45) is 4.99 Å². The summed E-state index contributed by atoms with van der Waals surface area (Å²) in [5.41, 5.74) is 24.9. The lowest BCUT2D eigenvalue weighted by Gasteiger charge is -2.18. The van der Waals surface area contributed by atoms with Crippen LogP contribution in [0.25, 0.3) is 44.7 Å². The number of unbranched alkanes of at least 4 members (excludes halogenated alkanes) is 1. The van der Waals surface area contributed by atoms with Crippen LogP contribution in [0.15, 0.2) is 58.8 Å². The van der Waals surface area contributed by atoms with Crippen LogP contribution in [-0.4, -0.2) is 403 Å². The molecule has 6 aliphatic heterocycles. The number of nitrogens with one attached hydrogen (secondary N) is 2. The highest BCUT2D eigenvalue weighted by Crippen LogP contribution is 2.47. The van der Waals surface area contributed by atoms with E-state index in [0.717, 1.165) is 62.9 Å². The fraction of sp³-hybridized carbons (Fsp3) is 0.611. The maximum absolute atomic E-state index is 10.7. The van der Waals surface area contributed by atoms with Gasteiger partial charge >= 0.3 is 11.8 Å². The van der Waals surface area contributed by atoms with Crippen LogP contribution in [0.3, 0.4) is 0 Å². The van der Waals surface area contributed by atoms with Crippen molar-refractivity contribution in [1.29, 1.82) is 0 Å². The van der Waals surface area contributed by atoms with Crippen LogP contribution in [0.4, 0.5) is 40.6 Å². The van der Waals surface area contributed by atoms with E-state index < -0.39 is 151 Å². The van der Waals surface area contributed by atoms with E-state index in [1.807, 2.05) is 6.26 Å². The smallest absolute Gasteiger partial charge is 0.397 e. The number of aromatic nitrogens is 18. The molecular formula is C90H145N25O16P5S+. The van der Waals surface area contributed by atoms with Crippen molar-refractivity contribution < 1.29 is 84.1 Å². The number of imidazole rings is 4. The topological polar surface area (TPSA) is 575 Å². The lowest BCUT2D eigenvalue weighted by Crippen LogP contribution is -2.33. The molecule has 0 bridgehead atoms. The average molecular weight is 2020 g/mol. The third kappa shape index (κ3) is 27.7. The normalized spacial score (nSPS) is 26.3. The number of hydrogen-bond acceptors (Lipinski definition) is 37. The first-order valence-corrected chi connectivity index (χ1v) is 62.5. The number of aliphatic imine (C=N–C) groups is 1. The molecule has 18 N–H and O–H groups in total. The molecule has 0 saturated carbocycles. The van der Waals surface area contributed by atoms with Crippen LogP contribution in [0.2, 0.25) is 0 Å². The van der Waals surface area contributed by atoms with Crippen molar-refractivity contribution in [2.45, 2.75) is 234 Å². The summed E-state index contributed by atoms with van der Waals surface area (Å²) in [7, 11) is 1.49. The summed E-state index contributed by atoms with van der Waals surface area (Å²) in [6, 6.07) is 0.168. The zero-order chi connectivity index (χ0) is 101. The Morgan fingerprint density at radius 1 is 0.467 bits per heavy atom. The molecule has 0 aliphatic carbocycles. The fourth-order valence-corrected chi connectivity index (χ4v) is 21.0. The summed E-state index contributed by atoms with van der Waals surface area (Å²) < 4.78 is 43.3. The first kappa shape index (κ1) is 109. The van der Waals surface area contributed by atoms with E-state index in [9.17, 15) is 51.1 Å². The van der Waals surface area contributed by atoms with Crippen LogP contribution in [0.5, 0.6) is 6.01 Å². The molecule has 9 aromatic heterocycles. The molecule has 19 atom stereocenters. The number of nitrogens with zero attached hydrogens (tertiary/aromatic N) is 20. The molecule has 0 unspecified atom stereocenters. The quantitative estimate of drug-likeness (QED) is 0.00635. The predicted octanol–water partition coefficient (Wildman–Crippen LogP) is 7.56. The van der Waals surface area contributed by atoms with Gasteiger partial charge in [0.2, 0.25) is 6.34 Å². The van der Waals surface area contributed by atoms with Crippen molar-refractivity contribution in [3.05, 3.63) is 66.1 Å². The highest BCUT2D eigenvalue weighted by molar-refractivity contribution is 7.98. The number of aliphatic hydroxyl groups is 10. The molecule has 0 amide bonds. The van der Waals surface area contributed by atoms with Gasteiger partial charge in [0.25, 0.3) is 11.6 Å². The maximum Gasteiger partial charge on any atom is 0.397 e. The molecule has 5 fully saturated rings. The third-order valence-corrected chi connectivity index (χ3v) is 32.0. The van der Waals surface area contributed by atoms with E-state index in [4.69, 9.17) is 45.6 Å². The van der Waals surface area contributed by atoms with Crippen LogP contribution in [0.1, 0.15) is 135 Å². The van der Waals surface area contributed by atoms with E-state index in [0.29, 0.717) is 141 Å². The number of rotatable bonds is 32. The number of fused-ring (bicyclic) bond motifs is 5. The Morgan fingerprint density at radius 2 is 0.825 bits per heavy atom. The molecule has 5 saturated heterocycles. The number of hydrogen-bond donors (Lipinski definition) is 15.